The quantitative estimate of drug-likeness (QED) is 0.0790. The van der Waals surface area contributed by atoms with Crippen LogP contribution in [-0.4, -0.2) is 55.2 Å². The lowest BCUT2D eigenvalue weighted by Gasteiger charge is -2.24. The number of ketones is 1. The zero-order valence-electron chi connectivity index (χ0n) is 25.0. The summed E-state index contributed by atoms with van der Waals surface area (Å²) in [7, 11) is 2.75. The van der Waals surface area contributed by atoms with Crippen LogP contribution < -0.4 is 19.1 Å². The predicted molar refractivity (Wildman–Crippen MR) is 163 cm³/mol. The van der Waals surface area contributed by atoms with Gasteiger partial charge in [-0.15, -0.1) is 0 Å². The molecule has 2 heterocycles. The number of aromatic nitrogens is 1. The van der Waals surface area contributed by atoms with Crippen LogP contribution in [0.2, 0.25) is 0 Å². The Morgan fingerprint density at radius 3 is 2.28 bits per heavy atom. The minimum atomic E-state index is -1.07. The summed E-state index contributed by atoms with van der Waals surface area (Å²) in [6.45, 7) is 6.81. The van der Waals surface area contributed by atoms with Crippen LogP contribution in [0, 0.1) is 6.92 Å². The van der Waals surface area contributed by atoms with Crippen LogP contribution in [0.3, 0.4) is 0 Å². The van der Waals surface area contributed by atoms with E-state index in [1.165, 1.54) is 19.1 Å². The first-order valence-electron chi connectivity index (χ1n) is 14.2. The number of ether oxygens (including phenoxy) is 4. The van der Waals surface area contributed by atoms with Gasteiger partial charge in [-0.25, -0.2) is 9.78 Å². The van der Waals surface area contributed by atoms with Crippen molar-refractivity contribution in [3.8, 4) is 17.2 Å². The van der Waals surface area contributed by atoms with Crippen molar-refractivity contribution < 1.29 is 38.4 Å². The Morgan fingerprint density at radius 1 is 0.977 bits per heavy atom. The van der Waals surface area contributed by atoms with Gasteiger partial charge in [-0.2, -0.15) is 0 Å². The van der Waals surface area contributed by atoms with E-state index in [0.717, 1.165) is 37.0 Å². The Balaban J connectivity index is 1.84. The Kier molecular flexibility index (Phi) is 10.4. The average molecular weight is 609 g/mol. The number of rotatable bonds is 13. The van der Waals surface area contributed by atoms with Gasteiger partial charge in [0.05, 0.1) is 44.7 Å². The second kappa shape index (κ2) is 14.2. The molecule has 228 valence electrons. The summed E-state index contributed by atoms with van der Waals surface area (Å²) in [6, 6.07) is 10.7. The van der Waals surface area contributed by atoms with Crippen LogP contribution in [0.1, 0.15) is 72.1 Å². The maximum absolute atomic E-state index is 13.6. The summed E-state index contributed by atoms with van der Waals surface area (Å²) in [5.41, 5.74) is 1.04. The van der Waals surface area contributed by atoms with Crippen LogP contribution in [-0.2, 0) is 14.3 Å². The van der Waals surface area contributed by atoms with Gasteiger partial charge >= 0.3 is 11.9 Å². The highest BCUT2D eigenvalue weighted by Gasteiger charge is 2.48. The second-order valence-corrected chi connectivity index (χ2v) is 10.9. The summed E-state index contributed by atoms with van der Waals surface area (Å²) in [6.07, 6.45) is 3.72. The molecule has 1 amide bonds. The molecule has 1 aliphatic rings. The van der Waals surface area contributed by atoms with E-state index in [1.807, 2.05) is 0 Å². The van der Waals surface area contributed by atoms with E-state index in [-0.39, 0.29) is 21.3 Å². The number of unbranched alkanes of at least 4 members (excludes halogenated alkanes) is 2. The molecule has 3 aromatic rings. The lowest BCUT2D eigenvalue weighted by atomic mass is 9.95. The Bertz CT molecular complexity index is 1510. The molecule has 1 saturated heterocycles. The Morgan fingerprint density at radius 2 is 1.65 bits per heavy atom. The topological polar surface area (TPSA) is 124 Å². The number of methoxy groups -OCH3 is 2. The zero-order chi connectivity index (χ0) is 31.1. The number of carbonyl (C=O) groups is 3. The number of aliphatic hydroxyl groups is 1. The van der Waals surface area contributed by atoms with E-state index >= 15 is 0 Å². The fourth-order valence-electron chi connectivity index (χ4n) is 4.61. The first-order chi connectivity index (χ1) is 20.7. The molecule has 1 fully saturated rings. The van der Waals surface area contributed by atoms with Crippen LogP contribution in [0.25, 0.3) is 5.76 Å². The molecule has 43 heavy (non-hydrogen) atoms. The molecule has 1 aromatic heterocycles. The number of thiazole rings is 1. The van der Waals surface area contributed by atoms with Gasteiger partial charge in [0, 0.05) is 5.56 Å². The third-order valence-corrected chi connectivity index (χ3v) is 8.10. The summed E-state index contributed by atoms with van der Waals surface area (Å²) in [5.74, 6) is -1.20. The molecule has 4 rings (SSSR count). The van der Waals surface area contributed by atoms with Crippen molar-refractivity contribution in [1.29, 1.82) is 0 Å². The molecule has 0 bridgehead atoms. The highest BCUT2D eigenvalue weighted by molar-refractivity contribution is 7.17. The molecule has 0 aliphatic carbocycles. The normalized spacial score (nSPS) is 15.9. The van der Waals surface area contributed by atoms with E-state index in [0.29, 0.717) is 47.3 Å². The molecule has 0 spiro atoms. The number of aryl methyl sites for hydroxylation is 1. The number of Topliss-reactive ketones (excluding diaryl/α,β-unsaturated/α-hetero) is 1. The van der Waals surface area contributed by atoms with E-state index in [9.17, 15) is 19.5 Å². The SMILES string of the molecule is CCCCOc1ccc(/C(O)=C2/C(=O)C(=O)N(c3nc(C)c(C(=O)OC)s3)C2c2ccc(OCCCC)c(OC)c2)cc1. The second-order valence-electron chi connectivity index (χ2n) is 9.91. The number of carbonyl (C=O) groups excluding carboxylic acids is 3. The van der Waals surface area contributed by atoms with Crippen LogP contribution in [0.15, 0.2) is 48.0 Å². The van der Waals surface area contributed by atoms with Gasteiger partial charge in [0.15, 0.2) is 16.6 Å². The third kappa shape index (κ3) is 6.67. The fourth-order valence-corrected chi connectivity index (χ4v) is 5.62. The van der Waals surface area contributed by atoms with Crippen LogP contribution >= 0.6 is 11.3 Å². The van der Waals surface area contributed by atoms with Crippen molar-refractivity contribution in [2.24, 2.45) is 0 Å². The number of nitrogens with zero attached hydrogens (tertiary/aromatic N) is 2. The van der Waals surface area contributed by atoms with Crippen molar-refractivity contribution in [2.75, 3.05) is 32.3 Å². The van der Waals surface area contributed by atoms with E-state index in [4.69, 9.17) is 18.9 Å². The Labute approximate surface area is 254 Å². The van der Waals surface area contributed by atoms with Gasteiger partial charge in [-0.05, 0) is 61.7 Å². The van der Waals surface area contributed by atoms with Crippen molar-refractivity contribution in [3.05, 3.63) is 69.7 Å². The minimum absolute atomic E-state index is 0.117. The van der Waals surface area contributed by atoms with Crippen molar-refractivity contribution in [1.82, 2.24) is 4.98 Å². The molecule has 1 aliphatic heterocycles. The lowest BCUT2D eigenvalue weighted by Crippen LogP contribution is -2.29. The zero-order valence-corrected chi connectivity index (χ0v) is 25.8. The molecular weight excluding hydrogens is 572 g/mol. The van der Waals surface area contributed by atoms with Gasteiger partial charge in [0.1, 0.15) is 16.4 Å². The first kappa shape index (κ1) is 31.6. The smallest absolute Gasteiger partial charge is 0.350 e. The summed E-state index contributed by atoms with van der Waals surface area (Å²) in [4.78, 5) is 45.4. The van der Waals surface area contributed by atoms with Crippen molar-refractivity contribution in [3.63, 3.8) is 0 Å². The first-order valence-corrected chi connectivity index (χ1v) is 15.0. The van der Waals surface area contributed by atoms with Crippen molar-refractivity contribution in [2.45, 2.75) is 52.5 Å². The molecule has 1 atom stereocenters. The number of esters is 1. The summed E-state index contributed by atoms with van der Waals surface area (Å²) < 4.78 is 22.1. The number of hydrogen-bond acceptors (Lipinski definition) is 10. The van der Waals surface area contributed by atoms with Gasteiger partial charge in [0.2, 0.25) is 0 Å². The maximum atomic E-state index is 13.6. The average Bonchev–Trinajstić information content (AvgIpc) is 3.53. The van der Waals surface area contributed by atoms with Gasteiger partial charge in [-0.1, -0.05) is 44.1 Å². The number of amides is 1. The Hall–Kier alpha value is -4.38. The minimum Gasteiger partial charge on any atom is -0.507 e. The highest BCUT2D eigenvalue weighted by Crippen LogP contribution is 2.45. The number of benzene rings is 2. The number of anilines is 1. The summed E-state index contributed by atoms with van der Waals surface area (Å²) in [5, 5.41) is 11.6. The fraction of sp³-hybridized carbons (Fsp3) is 0.375. The molecule has 1 N–H and O–H groups in total. The third-order valence-electron chi connectivity index (χ3n) is 6.96. The molecular formula is C32H36N2O8S. The summed E-state index contributed by atoms with van der Waals surface area (Å²) >= 11 is 0.932. The highest BCUT2D eigenvalue weighted by atomic mass is 32.1. The monoisotopic (exact) mass is 608 g/mol. The van der Waals surface area contributed by atoms with Crippen LogP contribution in [0.4, 0.5) is 5.13 Å². The molecule has 2 aromatic carbocycles. The van der Waals surface area contributed by atoms with Crippen LogP contribution in [0.5, 0.6) is 17.2 Å². The van der Waals surface area contributed by atoms with Crippen molar-refractivity contribution >= 4 is 39.9 Å². The number of aliphatic hydroxyl groups excluding tert-OH is 1. The largest absolute Gasteiger partial charge is 0.507 e. The molecule has 1 unspecified atom stereocenters. The molecule has 0 saturated carbocycles. The van der Waals surface area contributed by atoms with E-state index in [2.05, 4.69) is 18.8 Å². The molecule has 11 heteroatoms. The maximum Gasteiger partial charge on any atom is 0.350 e. The standard InChI is InChI=1S/C32H36N2O8S/c1-6-8-16-41-22-13-10-20(11-14-22)27(35)25-26(21-12-15-23(24(18-21)39-4)42-17-9-7-2)34(30(37)28(25)36)32-33-19(3)29(43-32)31(38)40-5/h10-15,18,26,35H,6-9,16-17H2,1-5H3/b27-25-. The van der Waals surface area contributed by atoms with E-state index < -0.39 is 23.7 Å². The molecule has 0 radical (unpaired) electrons. The lowest BCUT2D eigenvalue weighted by molar-refractivity contribution is -0.132. The van der Waals surface area contributed by atoms with Gasteiger partial charge in [-0.3, -0.25) is 14.5 Å². The van der Waals surface area contributed by atoms with Gasteiger partial charge in [0.25, 0.3) is 5.78 Å². The van der Waals surface area contributed by atoms with Gasteiger partial charge < -0.3 is 24.1 Å². The molecule has 10 nitrogen and oxygen atoms in total. The number of hydrogen-bond donors (Lipinski definition) is 1. The predicted octanol–water partition coefficient (Wildman–Crippen LogP) is 6.23. The van der Waals surface area contributed by atoms with E-state index in [1.54, 1.807) is 49.4 Å².